The molecular weight excluding hydrogens is 302 g/mol. The van der Waals surface area contributed by atoms with Crippen LogP contribution in [-0.4, -0.2) is 50.3 Å². The minimum atomic E-state index is 0.218. The fourth-order valence-electron chi connectivity index (χ4n) is 2.67. The zero-order valence-electron chi connectivity index (χ0n) is 13.1. The van der Waals surface area contributed by atoms with E-state index in [0.717, 1.165) is 42.9 Å². The predicted molar refractivity (Wildman–Crippen MR) is 87.2 cm³/mol. The summed E-state index contributed by atoms with van der Waals surface area (Å²) in [5.74, 6) is 0.218. The topological polar surface area (TPSA) is 38.8 Å². The van der Waals surface area contributed by atoms with Crippen LogP contribution in [0.15, 0.2) is 24.3 Å². The number of benzene rings is 1. The molecule has 5 heteroatoms. The summed E-state index contributed by atoms with van der Waals surface area (Å²) < 4.78 is 10.7. The Bertz CT molecular complexity index is 473. The highest BCUT2D eigenvalue weighted by atomic mass is 35.5. The van der Waals surface area contributed by atoms with E-state index in [1.54, 1.807) is 7.11 Å². The summed E-state index contributed by atoms with van der Waals surface area (Å²) >= 11 is 5.96. The second-order valence-corrected chi connectivity index (χ2v) is 6.01. The molecule has 0 radical (unpaired) electrons. The lowest BCUT2D eigenvalue weighted by Crippen LogP contribution is -2.41. The summed E-state index contributed by atoms with van der Waals surface area (Å²) in [6, 6.07) is 7.70. The van der Waals surface area contributed by atoms with Crippen molar-refractivity contribution in [1.82, 2.24) is 4.90 Å². The molecule has 0 N–H and O–H groups in total. The minimum absolute atomic E-state index is 0.218. The highest BCUT2D eigenvalue weighted by molar-refractivity contribution is 6.30. The Kier molecular flexibility index (Phi) is 7.16. The Morgan fingerprint density at radius 2 is 2.09 bits per heavy atom. The first kappa shape index (κ1) is 17.3. The van der Waals surface area contributed by atoms with Gasteiger partial charge in [0.2, 0.25) is 5.91 Å². The summed E-state index contributed by atoms with van der Waals surface area (Å²) in [5.41, 5.74) is 1.11. The third-order valence-corrected chi connectivity index (χ3v) is 4.19. The van der Waals surface area contributed by atoms with Crippen LogP contribution in [0.3, 0.4) is 0 Å². The van der Waals surface area contributed by atoms with Crippen LogP contribution in [0.2, 0.25) is 5.02 Å². The number of likely N-dealkylation sites (tertiary alicyclic amines) is 1. The minimum Gasteiger partial charge on any atom is -0.382 e. The van der Waals surface area contributed by atoms with Crippen molar-refractivity contribution in [3.63, 3.8) is 0 Å². The second-order valence-electron chi connectivity index (χ2n) is 5.57. The number of carbonyl (C=O) groups is 1. The molecule has 0 unspecified atom stereocenters. The average Bonchev–Trinajstić information content (AvgIpc) is 2.54. The van der Waals surface area contributed by atoms with Crippen LogP contribution in [0.5, 0.6) is 0 Å². The molecule has 22 heavy (non-hydrogen) atoms. The largest absolute Gasteiger partial charge is 0.382 e. The van der Waals surface area contributed by atoms with Gasteiger partial charge in [0.1, 0.15) is 0 Å². The maximum atomic E-state index is 12.3. The van der Waals surface area contributed by atoms with Crippen molar-refractivity contribution in [1.29, 1.82) is 0 Å². The van der Waals surface area contributed by atoms with E-state index in [9.17, 15) is 4.79 Å². The third-order valence-electron chi connectivity index (χ3n) is 3.95. The van der Waals surface area contributed by atoms with Gasteiger partial charge in [-0.3, -0.25) is 4.79 Å². The van der Waals surface area contributed by atoms with E-state index in [2.05, 4.69) is 0 Å². The summed E-state index contributed by atoms with van der Waals surface area (Å²) in [6.45, 7) is 2.82. The van der Waals surface area contributed by atoms with E-state index < -0.39 is 0 Å². The number of nitrogens with zero attached hydrogens (tertiary/aromatic N) is 1. The molecule has 1 heterocycles. The number of piperidine rings is 1. The van der Waals surface area contributed by atoms with Crippen molar-refractivity contribution in [3.8, 4) is 0 Å². The Hall–Kier alpha value is -1.10. The molecular formula is C17H24ClNO3. The molecule has 122 valence electrons. The molecule has 1 saturated heterocycles. The van der Waals surface area contributed by atoms with Gasteiger partial charge in [-0.15, -0.1) is 0 Å². The molecule has 2 rings (SSSR count). The van der Waals surface area contributed by atoms with Gasteiger partial charge in [0.15, 0.2) is 0 Å². The summed E-state index contributed by atoms with van der Waals surface area (Å²) in [5, 5.41) is 0.721. The SMILES string of the molecule is COCCOC1CCN(C(=O)CCc2cccc(Cl)c2)CC1. The number of amides is 1. The van der Waals surface area contributed by atoms with Crippen LogP contribution in [0.4, 0.5) is 0 Å². The van der Waals surface area contributed by atoms with Gasteiger partial charge in [-0.1, -0.05) is 23.7 Å². The van der Waals surface area contributed by atoms with Crippen molar-refractivity contribution in [2.75, 3.05) is 33.4 Å². The van der Waals surface area contributed by atoms with Crippen LogP contribution < -0.4 is 0 Å². The van der Waals surface area contributed by atoms with E-state index in [1.807, 2.05) is 29.2 Å². The monoisotopic (exact) mass is 325 g/mol. The fraction of sp³-hybridized carbons (Fsp3) is 0.588. The van der Waals surface area contributed by atoms with Crippen LogP contribution in [-0.2, 0) is 20.7 Å². The van der Waals surface area contributed by atoms with Crippen molar-refractivity contribution in [2.24, 2.45) is 0 Å². The zero-order valence-corrected chi connectivity index (χ0v) is 13.8. The number of ether oxygens (including phenoxy) is 2. The molecule has 0 atom stereocenters. The van der Waals surface area contributed by atoms with Crippen LogP contribution in [0.25, 0.3) is 0 Å². The normalized spacial score (nSPS) is 16.0. The number of hydrogen-bond donors (Lipinski definition) is 0. The smallest absolute Gasteiger partial charge is 0.222 e. The van der Waals surface area contributed by atoms with Crippen LogP contribution in [0.1, 0.15) is 24.8 Å². The molecule has 1 aliphatic heterocycles. The van der Waals surface area contributed by atoms with Gasteiger partial charge >= 0.3 is 0 Å². The fourth-order valence-corrected chi connectivity index (χ4v) is 2.88. The number of carbonyl (C=O) groups excluding carboxylic acids is 1. The summed E-state index contributed by atoms with van der Waals surface area (Å²) in [6.07, 6.45) is 3.35. The molecule has 4 nitrogen and oxygen atoms in total. The first-order valence-electron chi connectivity index (χ1n) is 7.82. The molecule has 1 aromatic rings. The maximum Gasteiger partial charge on any atom is 0.222 e. The third kappa shape index (κ3) is 5.59. The van der Waals surface area contributed by atoms with Gasteiger partial charge in [0.25, 0.3) is 0 Å². The Labute approximate surface area is 137 Å². The Balaban J connectivity index is 1.69. The van der Waals surface area contributed by atoms with Gasteiger partial charge in [-0.25, -0.2) is 0 Å². The maximum absolute atomic E-state index is 12.3. The van der Waals surface area contributed by atoms with E-state index >= 15 is 0 Å². The van der Waals surface area contributed by atoms with Gasteiger partial charge in [0.05, 0.1) is 19.3 Å². The van der Waals surface area contributed by atoms with E-state index in [0.29, 0.717) is 19.6 Å². The van der Waals surface area contributed by atoms with Crippen LogP contribution in [0, 0.1) is 0 Å². The second kappa shape index (κ2) is 9.13. The quantitative estimate of drug-likeness (QED) is 0.724. The van der Waals surface area contributed by atoms with Gasteiger partial charge in [-0.05, 0) is 37.0 Å². The molecule has 1 amide bonds. The zero-order chi connectivity index (χ0) is 15.8. The number of hydrogen-bond acceptors (Lipinski definition) is 3. The van der Waals surface area contributed by atoms with Gasteiger partial charge in [-0.2, -0.15) is 0 Å². The predicted octanol–water partition coefficient (Wildman–Crippen LogP) is 2.93. The van der Waals surface area contributed by atoms with Crippen LogP contribution >= 0.6 is 11.6 Å². The van der Waals surface area contributed by atoms with Crippen molar-refractivity contribution >= 4 is 17.5 Å². The molecule has 0 saturated carbocycles. The highest BCUT2D eigenvalue weighted by Gasteiger charge is 2.22. The molecule has 0 spiro atoms. The molecule has 1 aromatic carbocycles. The summed E-state index contributed by atoms with van der Waals surface area (Å²) in [4.78, 5) is 14.2. The Morgan fingerprint density at radius 1 is 1.32 bits per heavy atom. The highest BCUT2D eigenvalue weighted by Crippen LogP contribution is 2.16. The molecule has 0 bridgehead atoms. The van der Waals surface area contributed by atoms with Gasteiger partial charge in [0, 0.05) is 31.6 Å². The molecule has 0 aliphatic carbocycles. The lowest BCUT2D eigenvalue weighted by Gasteiger charge is -2.32. The van der Waals surface area contributed by atoms with Gasteiger partial charge < -0.3 is 14.4 Å². The first-order chi connectivity index (χ1) is 10.7. The Morgan fingerprint density at radius 3 is 2.77 bits per heavy atom. The number of methoxy groups -OCH3 is 1. The lowest BCUT2D eigenvalue weighted by atomic mass is 10.1. The van der Waals surface area contributed by atoms with E-state index in [1.165, 1.54) is 0 Å². The van der Waals surface area contributed by atoms with Crippen molar-refractivity contribution in [3.05, 3.63) is 34.9 Å². The standard InChI is InChI=1S/C17H24ClNO3/c1-21-11-12-22-16-7-9-19(10-8-16)17(20)6-5-14-3-2-4-15(18)13-14/h2-4,13,16H,5-12H2,1H3. The first-order valence-corrected chi connectivity index (χ1v) is 8.19. The van der Waals surface area contributed by atoms with Crippen molar-refractivity contribution in [2.45, 2.75) is 31.8 Å². The molecule has 0 aromatic heterocycles. The number of halogens is 1. The van der Waals surface area contributed by atoms with E-state index in [4.69, 9.17) is 21.1 Å². The van der Waals surface area contributed by atoms with E-state index in [-0.39, 0.29) is 12.0 Å². The number of aryl methyl sites for hydroxylation is 1. The van der Waals surface area contributed by atoms with Crippen molar-refractivity contribution < 1.29 is 14.3 Å². The summed E-state index contributed by atoms with van der Waals surface area (Å²) in [7, 11) is 1.67. The average molecular weight is 326 g/mol. The number of rotatable bonds is 7. The molecule has 1 aliphatic rings. The lowest BCUT2D eigenvalue weighted by molar-refractivity contribution is -0.134. The molecule has 1 fully saturated rings.